The van der Waals surface area contributed by atoms with E-state index in [0.29, 0.717) is 0 Å². The van der Waals surface area contributed by atoms with Gasteiger partial charge in [-0.2, -0.15) is 0 Å². The zero-order valence-corrected chi connectivity index (χ0v) is 7.62. The summed E-state index contributed by atoms with van der Waals surface area (Å²) in [4.78, 5) is 0. The minimum absolute atomic E-state index is 0.328. The van der Waals surface area contributed by atoms with Crippen molar-refractivity contribution in [2.24, 2.45) is 5.73 Å². The van der Waals surface area contributed by atoms with Gasteiger partial charge in [0.1, 0.15) is 12.0 Å². The zero-order valence-electron chi connectivity index (χ0n) is 7.62. The third-order valence-electron chi connectivity index (χ3n) is 2.30. The quantitative estimate of drug-likeness (QED) is 0.694. The molecule has 13 heavy (non-hydrogen) atoms. The second-order valence-corrected chi connectivity index (χ2v) is 3.12. The maximum atomic E-state index is 5.73. The van der Waals surface area contributed by atoms with E-state index in [2.05, 4.69) is 6.07 Å². The molecule has 1 aliphatic rings. The first kappa shape index (κ1) is 8.53. The molecule has 70 valence electrons. The van der Waals surface area contributed by atoms with Crippen LogP contribution in [0.2, 0.25) is 0 Å². The van der Waals surface area contributed by atoms with Crippen LogP contribution in [0.3, 0.4) is 0 Å². The van der Waals surface area contributed by atoms with Crippen LogP contribution in [-0.2, 0) is 11.2 Å². The van der Waals surface area contributed by atoms with E-state index < -0.39 is 0 Å². The van der Waals surface area contributed by atoms with Gasteiger partial charge in [-0.25, -0.2) is 0 Å². The highest BCUT2D eigenvalue weighted by Crippen LogP contribution is 2.27. The largest absolute Gasteiger partial charge is 0.493 e. The number of ether oxygens (including phenoxy) is 2. The molecular formula is C10H13NO2. The Bertz CT molecular complexity index is 312. The summed E-state index contributed by atoms with van der Waals surface area (Å²) in [7, 11) is 1.61. The molecule has 0 spiro atoms. The van der Waals surface area contributed by atoms with Crippen LogP contribution in [0.5, 0.6) is 5.75 Å². The number of benzene rings is 1. The van der Waals surface area contributed by atoms with Gasteiger partial charge in [-0.3, -0.25) is 0 Å². The zero-order chi connectivity index (χ0) is 9.26. The maximum Gasteiger partial charge on any atom is 0.131 e. The molecule has 1 heterocycles. The number of fused-ring (bicyclic) bond motifs is 1. The lowest BCUT2D eigenvalue weighted by molar-refractivity contribution is 0.109. The highest BCUT2D eigenvalue weighted by Gasteiger charge is 2.14. The van der Waals surface area contributed by atoms with Crippen molar-refractivity contribution in [1.82, 2.24) is 0 Å². The van der Waals surface area contributed by atoms with Crippen molar-refractivity contribution < 1.29 is 9.47 Å². The predicted octanol–water partition coefficient (Wildman–Crippen LogP) is 1.23. The molecule has 1 atom stereocenters. The molecule has 2 rings (SSSR count). The van der Waals surface area contributed by atoms with E-state index in [1.165, 1.54) is 5.56 Å². The lowest BCUT2D eigenvalue weighted by atomic mass is 10.1. The molecule has 3 nitrogen and oxygen atoms in total. The van der Waals surface area contributed by atoms with E-state index in [-0.39, 0.29) is 6.23 Å². The van der Waals surface area contributed by atoms with Crippen LogP contribution in [0.25, 0.3) is 0 Å². The van der Waals surface area contributed by atoms with Gasteiger partial charge in [0.05, 0.1) is 6.61 Å². The van der Waals surface area contributed by atoms with Gasteiger partial charge in [0.25, 0.3) is 0 Å². The van der Waals surface area contributed by atoms with Crippen molar-refractivity contribution in [1.29, 1.82) is 0 Å². The molecule has 0 saturated carbocycles. The maximum absolute atomic E-state index is 5.73. The molecule has 1 aliphatic heterocycles. The van der Waals surface area contributed by atoms with Crippen molar-refractivity contribution in [3.05, 3.63) is 29.3 Å². The van der Waals surface area contributed by atoms with Gasteiger partial charge in [-0.15, -0.1) is 0 Å². The Kier molecular flexibility index (Phi) is 2.20. The van der Waals surface area contributed by atoms with E-state index in [9.17, 15) is 0 Å². The smallest absolute Gasteiger partial charge is 0.131 e. The van der Waals surface area contributed by atoms with Crippen molar-refractivity contribution in [2.45, 2.75) is 12.6 Å². The second kappa shape index (κ2) is 3.36. The van der Waals surface area contributed by atoms with Crippen molar-refractivity contribution in [3.63, 3.8) is 0 Å². The Morgan fingerprint density at radius 3 is 3.15 bits per heavy atom. The Morgan fingerprint density at radius 2 is 2.38 bits per heavy atom. The number of rotatable bonds is 2. The van der Waals surface area contributed by atoms with Crippen LogP contribution in [0.15, 0.2) is 18.2 Å². The molecule has 3 heteroatoms. The van der Waals surface area contributed by atoms with Crippen molar-refractivity contribution in [3.8, 4) is 5.75 Å². The first-order valence-corrected chi connectivity index (χ1v) is 4.35. The van der Waals surface area contributed by atoms with Crippen LogP contribution in [0.1, 0.15) is 17.4 Å². The Balaban J connectivity index is 2.30. The summed E-state index contributed by atoms with van der Waals surface area (Å²) in [6.45, 7) is 0.779. The third kappa shape index (κ3) is 1.53. The standard InChI is InChI=1S/C10H13NO2/c1-12-10(11)8-2-3-9-7(6-8)4-5-13-9/h2-3,6,10H,4-5,11H2,1H3. The Morgan fingerprint density at radius 1 is 1.54 bits per heavy atom. The molecule has 0 bridgehead atoms. The normalized spacial score (nSPS) is 16.5. The van der Waals surface area contributed by atoms with Gasteiger partial charge in [0.15, 0.2) is 0 Å². The molecule has 0 radical (unpaired) electrons. The van der Waals surface area contributed by atoms with Gasteiger partial charge in [-0.05, 0) is 23.3 Å². The van der Waals surface area contributed by atoms with Gasteiger partial charge >= 0.3 is 0 Å². The summed E-state index contributed by atoms with van der Waals surface area (Å²) in [5, 5.41) is 0. The molecule has 1 aromatic carbocycles. The first-order valence-electron chi connectivity index (χ1n) is 4.35. The van der Waals surface area contributed by atoms with E-state index in [1.807, 2.05) is 12.1 Å². The summed E-state index contributed by atoms with van der Waals surface area (Å²) in [5.41, 5.74) is 7.96. The monoisotopic (exact) mass is 179 g/mol. The van der Waals surface area contributed by atoms with Crippen LogP contribution in [0, 0.1) is 0 Å². The topological polar surface area (TPSA) is 44.5 Å². The average molecular weight is 179 g/mol. The van der Waals surface area contributed by atoms with E-state index in [0.717, 1.165) is 24.3 Å². The molecule has 0 saturated heterocycles. The first-order chi connectivity index (χ1) is 6.31. The van der Waals surface area contributed by atoms with Crippen LogP contribution < -0.4 is 10.5 Å². The van der Waals surface area contributed by atoms with E-state index in [1.54, 1.807) is 7.11 Å². The lowest BCUT2D eigenvalue weighted by Gasteiger charge is -2.10. The van der Waals surface area contributed by atoms with Crippen molar-refractivity contribution in [2.75, 3.05) is 13.7 Å². The predicted molar refractivity (Wildman–Crippen MR) is 49.6 cm³/mol. The van der Waals surface area contributed by atoms with Gasteiger partial charge in [0.2, 0.25) is 0 Å². The molecule has 0 aromatic heterocycles. The molecule has 1 unspecified atom stereocenters. The minimum Gasteiger partial charge on any atom is -0.493 e. The fourth-order valence-corrected chi connectivity index (χ4v) is 1.52. The molecular weight excluding hydrogens is 166 g/mol. The summed E-state index contributed by atoms with van der Waals surface area (Å²) in [6, 6.07) is 5.95. The second-order valence-electron chi connectivity index (χ2n) is 3.12. The summed E-state index contributed by atoms with van der Waals surface area (Å²) in [6.07, 6.45) is 0.644. The Hall–Kier alpha value is -1.06. The van der Waals surface area contributed by atoms with Gasteiger partial charge < -0.3 is 15.2 Å². The number of methoxy groups -OCH3 is 1. The number of hydrogen-bond acceptors (Lipinski definition) is 3. The average Bonchev–Trinajstić information content (AvgIpc) is 2.63. The van der Waals surface area contributed by atoms with Crippen LogP contribution in [-0.4, -0.2) is 13.7 Å². The summed E-state index contributed by atoms with van der Waals surface area (Å²) in [5.74, 6) is 0.979. The van der Waals surface area contributed by atoms with E-state index in [4.69, 9.17) is 15.2 Å². The molecule has 2 N–H and O–H groups in total. The number of hydrogen-bond donors (Lipinski definition) is 1. The highest BCUT2D eigenvalue weighted by molar-refractivity contribution is 5.40. The Labute approximate surface area is 77.5 Å². The molecule has 0 amide bonds. The van der Waals surface area contributed by atoms with Crippen LogP contribution >= 0.6 is 0 Å². The minimum atomic E-state index is -0.328. The molecule has 0 fully saturated rings. The fraction of sp³-hybridized carbons (Fsp3) is 0.400. The summed E-state index contributed by atoms with van der Waals surface area (Å²) < 4.78 is 10.4. The summed E-state index contributed by atoms with van der Waals surface area (Å²) >= 11 is 0. The third-order valence-corrected chi connectivity index (χ3v) is 2.30. The van der Waals surface area contributed by atoms with Crippen molar-refractivity contribution >= 4 is 0 Å². The molecule has 0 aliphatic carbocycles. The number of nitrogens with two attached hydrogens (primary N) is 1. The lowest BCUT2D eigenvalue weighted by Crippen LogP contribution is -2.11. The SMILES string of the molecule is COC(N)c1ccc2c(c1)CCO2. The fourth-order valence-electron chi connectivity index (χ4n) is 1.52. The highest BCUT2D eigenvalue weighted by atomic mass is 16.5. The van der Waals surface area contributed by atoms with Gasteiger partial charge in [-0.1, -0.05) is 6.07 Å². The van der Waals surface area contributed by atoms with Gasteiger partial charge in [0, 0.05) is 13.5 Å². The molecule has 1 aromatic rings. The van der Waals surface area contributed by atoms with Crippen LogP contribution in [0.4, 0.5) is 0 Å². The van der Waals surface area contributed by atoms with E-state index >= 15 is 0 Å².